The van der Waals surface area contributed by atoms with Crippen molar-refractivity contribution in [1.29, 1.82) is 0 Å². The second-order valence-corrected chi connectivity index (χ2v) is 3.67. The maximum atomic E-state index is 9.00. The molecule has 0 radical (unpaired) electrons. The molecule has 1 rings (SSSR count). The number of aliphatic hydroxyl groups is 1. The van der Waals surface area contributed by atoms with E-state index >= 15 is 0 Å². The topological polar surface area (TPSA) is 38.7 Å². The molecule has 0 fully saturated rings. The number of ether oxygens (including phenoxy) is 1. The monoisotopic (exact) mass is 228 g/mol. The van der Waals surface area contributed by atoms with Gasteiger partial charge >= 0.3 is 0 Å². The van der Waals surface area contributed by atoms with E-state index in [1.165, 1.54) is 0 Å². The smallest absolute Gasteiger partial charge is 0.0881 e. The Hall–Kier alpha value is -0.470. The first-order valence-corrected chi connectivity index (χ1v) is 5.30. The molecule has 0 amide bonds. The lowest BCUT2D eigenvalue weighted by molar-refractivity contribution is 0.135. The van der Waals surface area contributed by atoms with E-state index in [0.29, 0.717) is 13.0 Å². The van der Waals surface area contributed by atoms with E-state index < -0.39 is 0 Å². The zero-order chi connectivity index (χ0) is 11.1. The third kappa shape index (κ3) is 4.27. The van der Waals surface area contributed by atoms with Gasteiger partial charge in [0.2, 0.25) is 0 Å². The van der Waals surface area contributed by atoms with Crippen molar-refractivity contribution in [3.8, 4) is 0 Å². The van der Waals surface area contributed by atoms with Crippen LogP contribution in [0.25, 0.3) is 0 Å². The Labute approximate surface area is 92.7 Å². The SMILES string of the molecule is COCc1cccc(C[C@@H](CO)OP)c1. The molecule has 1 unspecified atom stereocenters. The van der Waals surface area contributed by atoms with E-state index in [2.05, 4.69) is 15.5 Å². The van der Waals surface area contributed by atoms with E-state index in [4.69, 9.17) is 14.4 Å². The number of aliphatic hydroxyl groups excluding tert-OH is 1. The Morgan fingerprint density at radius 1 is 1.40 bits per heavy atom. The highest BCUT2D eigenvalue weighted by Gasteiger charge is 2.07. The summed E-state index contributed by atoms with van der Waals surface area (Å²) in [7, 11) is 3.86. The van der Waals surface area contributed by atoms with Crippen LogP contribution in [0.3, 0.4) is 0 Å². The molecule has 1 aromatic carbocycles. The number of methoxy groups -OCH3 is 1. The summed E-state index contributed by atoms with van der Waals surface area (Å²) in [6.45, 7) is 0.636. The van der Waals surface area contributed by atoms with Gasteiger partial charge in [-0.3, -0.25) is 0 Å². The van der Waals surface area contributed by atoms with Crippen molar-refractivity contribution < 1.29 is 14.4 Å². The lowest BCUT2D eigenvalue weighted by atomic mass is 10.1. The van der Waals surface area contributed by atoms with Crippen LogP contribution >= 0.6 is 9.47 Å². The molecule has 84 valence electrons. The zero-order valence-corrected chi connectivity index (χ0v) is 10.0. The summed E-state index contributed by atoms with van der Waals surface area (Å²) in [6, 6.07) is 8.09. The standard InChI is InChI=1S/C11H17O3P/c1-13-8-10-4-2-3-9(5-10)6-11(7-12)14-15/h2-5,11-12H,6-8,15H2,1H3/t11-/m0/s1. The molecule has 0 aliphatic carbocycles. The Balaban J connectivity index is 2.64. The number of benzene rings is 1. The quantitative estimate of drug-likeness (QED) is 0.751. The van der Waals surface area contributed by atoms with Crippen molar-refractivity contribution in [2.24, 2.45) is 0 Å². The number of hydrogen-bond donors (Lipinski definition) is 1. The van der Waals surface area contributed by atoms with Crippen molar-refractivity contribution >= 4 is 9.47 Å². The van der Waals surface area contributed by atoms with Gasteiger partial charge in [-0.25, -0.2) is 0 Å². The van der Waals surface area contributed by atoms with Crippen molar-refractivity contribution in [2.75, 3.05) is 13.7 Å². The number of rotatable bonds is 6. The van der Waals surface area contributed by atoms with Crippen molar-refractivity contribution in [1.82, 2.24) is 0 Å². The summed E-state index contributed by atoms with van der Waals surface area (Å²) in [5.41, 5.74) is 2.28. The molecule has 4 heteroatoms. The molecule has 0 heterocycles. The van der Waals surface area contributed by atoms with Crippen LogP contribution in [0.1, 0.15) is 11.1 Å². The van der Waals surface area contributed by atoms with Crippen LogP contribution < -0.4 is 0 Å². The Kier molecular flexibility index (Phi) is 5.81. The van der Waals surface area contributed by atoms with Crippen LogP contribution in [0.4, 0.5) is 0 Å². The summed E-state index contributed by atoms with van der Waals surface area (Å²) >= 11 is 0. The van der Waals surface area contributed by atoms with Crippen molar-refractivity contribution in [3.63, 3.8) is 0 Å². The van der Waals surface area contributed by atoms with Crippen LogP contribution in [-0.4, -0.2) is 24.9 Å². The van der Waals surface area contributed by atoms with Gasteiger partial charge in [0.1, 0.15) is 0 Å². The van der Waals surface area contributed by atoms with E-state index in [1.54, 1.807) is 7.11 Å². The Morgan fingerprint density at radius 2 is 2.13 bits per heavy atom. The van der Waals surface area contributed by atoms with Gasteiger partial charge in [-0.2, -0.15) is 0 Å². The minimum atomic E-state index is -0.159. The first-order chi connectivity index (χ1) is 7.30. The number of hydrogen-bond acceptors (Lipinski definition) is 3. The predicted molar refractivity (Wildman–Crippen MR) is 62.5 cm³/mol. The molecule has 0 bridgehead atoms. The fourth-order valence-electron chi connectivity index (χ4n) is 1.43. The van der Waals surface area contributed by atoms with Gasteiger partial charge < -0.3 is 14.4 Å². The average molecular weight is 228 g/mol. The maximum Gasteiger partial charge on any atom is 0.0881 e. The second-order valence-electron chi connectivity index (χ2n) is 3.40. The molecule has 0 aromatic heterocycles. The van der Waals surface area contributed by atoms with E-state index in [1.807, 2.05) is 18.2 Å². The molecule has 1 N–H and O–H groups in total. The average Bonchev–Trinajstić information content (AvgIpc) is 2.27. The molecule has 3 nitrogen and oxygen atoms in total. The molecule has 0 aliphatic rings. The Morgan fingerprint density at radius 3 is 2.73 bits per heavy atom. The molecule has 1 aromatic rings. The molecular formula is C11H17O3P. The third-order valence-electron chi connectivity index (χ3n) is 2.16. The summed E-state index contributed by atoms with van der Waals surface area (Å²) in [6.07, 6.45) is 0.546. The molecular weight excluding hydrogens is 211 g/mol. The van der Waals surface area contributed by atoms with Crippen LogP contribution in [0.15, 0.2) is 24.3 Å². The Bertz CT molecular complexity index is 287. The maximum absolute atomic E-state index is 9.00. The minimum Gasteiger partial charge on any atom is -0.394 e. The molecule has 0 saturated carbocycles. The first-order valence-electron chi connectivity index (χ1n) is 4.83. The van der Waals surface area contributed by atoms with Gasteiger partial charge in [0.05, 0.1) is 19.3 Å². The lowest BCUT2D eigenvalue weighted by Gasteiger charge is -2.12. The molecule has 0 saturated heterocycles. The summed E-state index contributed by atoms with van der Waals surface area (Å²) < 4.78 is 10.1. The summed E-state index contributed by atoms with van der Waals surface area (Å²) in [5.74, 6) is 0. The van der Waals surface area contributed by atoms with Gasteiger partial charge in [-0.1, -0.05) is 24.3 Å². The van der Waals surface area contributed by atoms with E-state index in [-0.39, 0.29) is 12.7 Å². The van der Waals surface area contributed by atoms with Crippen LogP contribution in [0.2, 0.25) is 0 Å². The highest BCUT2D eigenvalue weighted by Crippen LogP contribution is 2.11. The minimum absolute atomic E-state index is 0.0258. The fourth-order valence-corrected chi connectivity index (χ4v) is 1.61. The summed E-state index contributed by atoms with van der Waals surface area (Å²) in [4.78, 5) is 0. The summed E-state index contributed by atoms with van der Waals surface area (Å²) in [5, 5.41) is 9.00. The van der Waals surface area contributed by atoms with Crippen LogP contribution in [0, 0.1) is 0 Å². The highest BCUT2D eigenvalue weighted by atomic mass is 31.0. The molecule has 0 aliphatic heterocycles. The van der Waals surface area contributed by atoms with E-state index in [0.717, 1.165) is 11.1 Å². The zero-order valence-electron chi connectivity index (χ0n) is 8.85. The van der Waals surface area contributed by atoms with Gasteiger partial charge in [0, 0.05) is 23.0 Å². The fraction of sp³-hybridized carbons (Fsp3) is 0.455. The third-order valence-corrected chi connectivity index (χ3v) is 2.55. The van der Waals surface area contributed by atoms with Gasteiger partial charge in [-0.05, 0) is 11.1 Å². The lowest BCUT2D eigenvalue weighted by Crippen LogP contribution is -2.16. The molecule has 2 atom stereocenters. The molecule has 15 heavy (non-hydrogen) atoms. The largest absolute Gasteiger partial charge is 0.394 e. The highest BCUT2D eigenvalue weighted by molar-refractivity contribution is 7.09. The van der Waals surface area contributed by atoms with Crippen LogP contribution in [-0.2, 0) is 22.3 Å². The molecule has 0 spiro atoms. The second kappa shape index (κ2) is 6.91. The van der Waals surface area contributed by atoms with Gasteiger partial charge in [0.15, 0.2) is 0 Å². The predicted octanol–water partition coefficient (Wildman–Crippen LogP) is 1.54. The normalized spacial score (nSPS) is 12.7. The van der Waals surface area contributed by atoms with E-state index in [9.17, 15) is 0 Å². The van der Waals surface area contributed by atoms with Crippen molar-refractivity contribution in [2.45, 2.75) is 19.1 Å². The van der Waals surface area contributed by atoms with Gasteiger partial charge in [0.25, 0.3) is 0 Å². The first kappa shape index (κ1) is 12.6. The van der Waals surface area contributed by atoms with Crippen LogP contribution in [0.5, 0.6) is 0 Å². The van der Waals surface area contributed by atoms with Crippen molar-refractivity contribution in [3.05, 3.63) is 35.4 Å². The van der Waals surface area contributed by atoms with Gasteiger partial charge in [-0.15, -0.1) is 0 Å².